The van der Waals surface area contributed by atoms with Crippen LogP contribution in [-0.2, 0) is 0 Å². The molecule has 0 atom stereocenters. The first kappa shape index (κ1) is 11.9. The van der Waals surface area contributed by atoms with Crippen LogP contribution in [0, 0.1) is 6.92 Å². The molecule has 3 heteroatoms. The lowest BCUT2D eigenvalue weighted by Crippen LogP contribution is -2.09. The second-order valence-electron chi connectivity index (χ2n) is 4.22. The normalized spacial score (nSPS) is 10.3. The molecule has 0 N–H and O–H groups in total. The Balaban J connectivity index is 2.34. The molecular weight excluding hydrogens is 230 g/mol. The number of anilines is 1. The third kappa shape index (κ3) is 2.56. The van der Waals surface area contributed by atoms with E-state index in [9.17, 15) is 4.79 Å². The fraction of sp³-hybridized carbons (Fsp3) is 0.214. The maximum atomic E-state index is 12.2. The molecule has 0 saturated heterocycles. The van der Waals surface area contributed by atoms with Crippen LogP contribution in [0.4, 0.5) is 5.69 Å². The molecule has 2 nitrogen and oxygen atoms in total. The number of benzene rings is 1. The average Bonchev–Trinajstić information content (AvgIpc) is 2.75. The Labute approximate surface area is 106 Å². The molecule has 0 aliphatic carbocycles. The maximum absolute atomic E-state index is 12.2. The Bertz CT molecular complexity index is 543. The first-order valence-corrected chi connectivity index (χ1v) is 6.33. The van der Waals surface area contributed by atoms with E-state index in [4.69, 9.17) is 0 Å². The van der Waals surface area contributed by atoms with Crippen LogP contribution in [0.25, 0.3) is 0 Å². The summed E-state index contributed by atoms with van der Waals surface area (Å²) in [4.78, 5) is 15.4. The number of carbonyl (C=O) groups is 1. The molecule has 88 valence electrons. The van der Waals surface area contributed by atoms with Gasteiger partial charge in [-0.05, 0) is 25.1 Å². The molecule has 2 rings (SSSR count). The first-order chi connectivity index (χ1) is 8.08. The number of hydrogen-bond acceptors (Lipinski definition) is 3. The summed E-state index contributed by atoms with van der Waals surface area (Å²) in [7, 11) is 3.94. The lowest BCUT2D eigenvalue weighted by atomic mass is 10.1. The standard InChI is InChI=1S/C14H15NOS/c1-10-7-12(9-17-10)14(16)11-5-4-6-13(8-11)15(2)3/h4-9H,1-3H3. The van der Waals surface area contributed by atoms with Crippen LogP contribution in [-0.4, -0.2) is 19.9 Å². The summed E-state index contributed by atoms with van der Waals surface area (Å²) in [5, 5.41) is 1.92. The van der Waals surface area contributed by atoms with E-state index >= 15 is 0 Å². The molecule has 2 aromatic rings. The van der Waals surface area contributed by atoms with Crippen LogP contribution in [0.5, 0.6) is 0 Å². The smallest absolute Gasteiger partial charge is 0.193 e. The van der Waals surface area contributed by atoms with Gasteiger partial charge in [-0.1, -0.05) is 12.1 Å². The Kier molecular flexibility index (Phi) is 3.29. The summed E-state index contributed by atoms with van der Waals surface area (Å²) in [5.74, 6) is 0.0954. The quantitative estimate of drug-likeness (QED) is 0.773. The van der Waals surface area contributed by atoms with E-state index in [1.165, 1.54) is 0 Å². The van der Waals surface area contributed by atoms with Gasteiger partial charge in [0.15, 0.2) is 5.78 Å². The number of nitrogens with zero attached hydrogens (tertiary/aromatic N) is 1. The van der Waals surface area contributed by atoms with E-state index in [1.807, 2.05) is 61.6 Å². The number of aryl methyl sites for hydroxylation is 1. The van der Waals surface area contributed by atoms with Crippen molar-refractivity contribution in [2.24, 2.45) is 0 Å². The van der Waals surface area contributed by atoms with Gasteiger partial charge >= 0.3 is 0 Å². The van der Waals surface area contributed by atoms with Gasteiger partial charge in [0.2, 0.25) is 0 Å². The lowest BCUT2D eigenvalue weighted by molar-refractivity contribution is 0.103. The highest BCUT2D eigenvalue weighted by molar-refractivity contribution is 7.10. The maximum Gasteiger partial charge on any atom is 0.193 e. The SMILES string of the molecule is Cc1cc(C(=O)c2cccc(N(C)C)c2)cs1. The van der Waals surface area contributed by atoms with Crippen LogP contribution in [0.3, 0.4) is 0 Å². The minimum Gasteiger partial charge on any atom is -0.378 e. The molecule has 0 radical (unpaired) electrons. The van der Waals surface area contributed by atoms with E-state index in [1.54, 1.807) is 11.3 Å². The largest absolute Gasteiger partial charge is 0.378 e. The van der Waals surface area contributed by atoms with Crippen molar-refractivity contribution in [3.8, 4) is 0 Å². The summed E-state index contributed by atoms with van der Waals surface area (Å²) >= 11 is 1.61. The Morgan fingerprint density at radius 3 is 2.53 bits per heavy atom. The van der Waals surface area contributed by atoms with Crippen molar-refractivity contribution in [1.29, 1.82) is 0 Å². The number of ketones is 1. The number of carbonyl (C=O) groups excluding carboxylic acids is 1. The summed E-state index contributed by atoms with van der Waals surface area (Å²) in [6.45, 7) is 2.01. The van der Waals surface area contributed by atoms with Gasteiger partial charge in [-0.25, -0.2) is 0 Å². The van der Waals surface area contributed by atoms with Crippen molar-refractivity contribution in [1.82, 2.24) is 0 Å². The molecule has 0 aliphatic heterocycles. The second kappa shape index (κ2) is 4.72. The molecule has 1 aromatic carbocycles. The lowest BCUT2D eigenvalue weighted by Gasteiger charge is -2.12. The van der Waals surface area contributed by atoms with Gasteiger partial charge in [-0.2, -0.15) is 0 Å². The zero-order valence-electron chi connectivity index (χ0n) is 10.2. The van der Waals surface area contributed by atoms with Gasteiger partial charge in [0.1, 0.15) is 0 Å². The molecular formula is C14H15NOS. The van der Waals surface area contributed by atoms with Crippen molar-refractivity contribution in [3.05, 3.63) is 51.7 Å². The zero-order chi connectivity index (χ0) is 12.4. The number of thiophene rings is 1. The molecule has 0 bridgehead atoms. The Hall–Kier alpha value is -1.61. The highest BCUT2D eigenvalue weighted by Gasteiger charge is 2.11. The zero-order valence-corrected chi connectivity index (χ0v) is 11.0. The third-order valence-corrected chi connectivity index (χ3v) is 3.48. The molecule has 0 unspecified atom stereocenters. The predicted molar refractivity (Wildman–Crippen MR) is 73.3 cm³/mol. The van der Waals surface area contributed by atoms with Crippen molar-refractivity contribution >= 4 is 22.8 Å². The average molecular weight is 245 g/mol. The van der Waals surface area contributed by atoms with Crippen molar-refractivity contribution < 1.29 is 4.79 Å². The fourth-order valence-electron chi connectivity index (χ4n) is 1.65. The molecule has 0 aliphatic rings. The molecule has 1 heterocycles. The van der Waals surface area contributed by atoms with Gasteiger partial charge in [-0.3, -0.25) is 4.79 Å². The Morgan fingerprint density at radius 2 is 1.94 bits per heavy atom. The number of hydrogen-bond donors (Lipinski definition) is 0. The summed E-state index contributed by atoms with van der Waals surface area (Å²) < 4.78 is 0. The highest BCUT2D eigenvalue weighted by Crippen LogP contribution is 2.20. The van der Waals surface area contributed by atoms with E-state index in [2.05, 4.69) is 0 Å². The van der Waals surface area contributed by atoms with E-state index in [0.29, 0.717) is 0 Å². The van der Waals surface area contributed by atoms with Crippen molar-refractivity contribution in [3.63, 3.8) is 0 Å². The summed E-state index contributed by atoms with van der Waals surface area (Å²) in [6, 6.07) is 9.64. The monoisotopic (exact) mass is 245 g/mol. The second-order valence-corrected chi connectivity index (χ2v) is 5.34. The van der Waals surface area contributed by atoms with Gasteiger partial charge in [0.05, 0.1) is 0 Å². The van der Waals surface area contributed by atoms with E-state index in [0.717, 1.165) is 21.7 Å². The first-order valence-electron chi connectivity index (χ1n) is 5.45. The highest BCUT2D eigenvalue weighted by atomic mass is 32.1. The van der Waals surface area contributed by atoms with E-state index < -0.39 is 0 Å². The van der Waals surface area contributed by atoms with Crippen molar-refractivity contribution in [2.45, 2.75) is 6.92 Å². The summed E-state index contributed by atoms with van der Waals surface area (Å²) in [6.07, 6.45) is 0. The van der Waals surface area contributed by atoms with Crippen LogP contribution in [0.15, 0.2) is 35.7 Å². The predicted octanol–water partition coefficient (Wildman–Crippen LogP) is 3.35. The summed E-state index contributed by atoms with van der Waals surface area (Å²) in [5.41, 5.74) is 2.57. The fourth-order valence-corrected chi connectivity index (χ4v) is 2.34. The van der Waals surface area contributed by atoms with Crippen molar-refractivity contribution in [2.75, 3.05) is 19.0 Å². The molecule has 0 fully saturated rings. The van der Waals surface area contributed by atoms with Crippen LogP contribution < -0.4 is 4.90 Å². The topological polar surface area (TPSA) is 20.3 Å². The van der Waals surface area contributed by atoms with Gasteiger partial charge < -0.3 is 4.90 Å². The minimum absolute atomic E-state index is 0.0954. The molecule has 1 aromatic heterocycles. The number of rotatable bonds is 3. The molecule has 0 saturated carbocycles. The van der Waals surface area contributed by atoms with Gasteiger partial charge in [-0.15, -0.1) is 11.3 Å². The Morgan fingerprint density at radius 1 is 1.18 bits per heavy atom. The molecule has 17 heavy (non-hydrogen) atoms. The van der Waals surface area contributed by atoms with Gasteiger partial charge in [0, 0.05) is 41.2 Å². The minimum atomic E-state index is 0.0954. The van der Waals surface area contributed by atoms with E-state index in [-0.39, 0.29) is 5.78 Å². The van der Waals surface area contributed by atoms with Crippen LogP contribution >= 0.6 is 11.3 Å². The van der Waals surface area contributed by atoms with Crippen LogP contribution in [0.1, 0.15) is 20.8 Å². The van der Waals surface area contributed by atoms with Gasteiger partial charge in [0.25, 0.3) is 0 Å². The van der Waals surface area contributed by atoms with Crippen LogP contribution in [0.2, 0.25) is 0 Å². The molecule has 0 spiro atoms. The third-order valence-electron chi connectivity index (χ3n) is 2.62. The molecule has 0 amide bonds.